The number of rotatable bonds is 7. The molecule has 90 valence electrons. The number of hydrazine groups is 1. The quantitative estimate of drug-likeness (QED) is 0.520. The largest absolute Gasteiger partial charge is 0.378 e. The standard InChI is InChI=1S/C11H24N2OS/c1-9(2)15-8-10(13-12)5-6-11-4-3-7-14-11/h9-11,13H,3-8,12H2,1-2H3. The molecule has 0 aromatic rings. The molecule has 15 heavy (non-hydrogen) atoms. The molecule has 1 heterocycles. The third-order valence-corrected chi connectivity index (χ3v) is 3.99. The summed E-state index contributed by atoms with van der Waals surface area (Å²) in [6, 6.07) is 0.432. The normalized spacial score (nSPS) is 23.6. The maximum Gasteiger partial charge on any atom is 0.0576 e. The van der Waals surface area contributed by atoms with Gasteiger partial charge in [-0.2, -0.15) is 11.8 Å². The second-order valence-corrected chi connectivity index (χ2v) is 6.07. The predicted molar refractivity (Wildman–Crippen MR) is 66.9 cm³/mol. The number of hydrogen-bond donors (Lipinski definition) is 2. The summed E-state index contributed by atoms with van der Waals surface area (Å²) < 4.78 is 5.60. The van der Waals surface area contributed by atoms with E-state index in [1.54, 1.807) is 0 Å². The smallest absolute Gasteiger partial charge is 0.0576 e. The number of nitrogens with one attached hydrogen (secondary N) is 1. The average Bonchev–Trinajstić information content (AvgIpc) is 2.70. The van der Waals surface area contributed by atoms with Gasteiger partial charge in [0.05, 0.1) is 6.10 Å². The molecule has 0 aromatic carbocycles. The van der Waals surface area contributed by atoms with Gasteiger partial charge < -0.3 is 4.74 Å². The summed E-state index contributed by atoms with van der Waals surface area (Å²) in [5.41, 5.74) is 2.90. The van der Waals surface area contributed by atoms with E-state index >= 15 is 0 Å². The molecule has 0 aliphatic carbocycles. The maximum absolute atomic E-state index is 5.60. The minimum atomic E-state index is 0.432. The van der Waals surface area contributed by atoms with E-state index in [-0.39, 0.29) is 0 Å². The molecule has 4 heteroatoms. The van der Waals surface area contributed by atoms with Crippen molar-refractivity contribution in [3.8, 4) is 0 Å². The number of thioether (sulfide) groups is 1. The Morgan fingerprint density at radius 1 is 1.53 bits per heavy atom. The topological polar surface area (TPSA) is 47.3 Å². The second kappa shape index (κ2) is 7.49. The Kier molecular flexibility index (Phi) is 6.64. The second-order valence-electron chi connectivity index (χ2n) is 4.46. The van der Waals surface area contributed by atoms with Crippen LogP contribution in [0.4, 0.5) is 0 Å². The van der Waals surface area contributed by atoms with Crippen LogP contribution in [0.5, 0.6) is 0 Å². The third-order valence-electron chi connectivity index (χ3n) is 2.73. The van der Waals surface area contributed by atoms with Crippen LogP contribution in [-0.2, 0) is 4.74 Å². The van der Waals surface area contributed by atoms with E-state index < -0.39 is 0 Å². The van der Waals surface area contributed by atoms with Gasteiger partial charge in [-0.25, -0.2) is 0 Å². The zero-order chi connectivity index (χ0) is 11.1. The third kappa shape index (κ3) is 5.76. The molecular weight excluding hydrogens is 208 g/mol. The summed E-state index contributed by atoms with van der Waals surface area (Å²) in [6.45, 7) is 5.39. The number of ether oxygens (including phenoxy) is 1. The lowest BCUT2D eigenvalue weighted by Crippen LogP contribution is -2.37. The summed E-state index contributed by atoms with van der Waals surface area (Å²) in [6.07, 6.45) is 5.22. The van der Waals surface area contributed by atoms with Crippen LogP contribution in [0, 0.1) is 0 Å². The van der Waals surface area contributed by atoms with E-state index in [0.29, 0.717) is 17.4 Å². The molecule has 1 aliphatic rings. The SMILES string of the molecule is CC(C)SCC(CCC1CCCO1)NN. The van der Waals surface area contributed by atoms with Gasteiger partial charge in [0.15, 0.2) is 0 Å². The van der Waals surface area contributed by atoms with Crippen molar-refractivity contribution in [2.45, 2.75) is 56.9 Å². The minimum absolute atomic E-state index is 0.432. The Morgan fingerprint density at radius 3 is 2.87 bits per heavy atom. The van der Waals surface area contributed by atoms with Crippen molar-refractivity contribution in [2.24, 2.45) is 5.84 Å². The van der Waals surface area contributed by atoms with Crippen molar-refractivity contribution in [3.63, 3.8) is 0 Å². The minimum Gasteiger partial charge on any atom is -0.378 e. The van der Waals surface area contributed by atoms with Crippen LogP contribution in [0.25, 0.3) is 0 Å². The fourth-order valence-electron chi connectivity index (χ4n) is 1.78. The first-order valence-electron chi connectivity index (χ1n) is 5.91. The Hall–Kier alpha value is 0.230. The zero-order valence-electron chi connectivity index (χ0n) is 9.87. The van der Waals surface area contributed by atoms with Crippen LogP contribution < -0.4 is 11.3 Å². The molecule has 2 unspecified atom stereocenters. The number of nitrogens with two attached hydrogens (primary N) is 1. The molecule has 0 spiro atoms. The summed E-state index contributed by atoms with van der Waals surface area (Å²) in [4.78, 5) is 0. The first-order chi connectivity index (χ1) is 7.22. The van der Waals surface area contributed by atoms with Gasteiger partial charge in [0.25, 0.3) is 0 Å². The van der Waals surface area contributed by atoms with E-state index in [2.05, 4.69) is 19.3 Å². The van der Waals surface area contributed by atoms with E-state index in [9.17, 15) is 0 Å². The zero-order valence-corrected chi connectivity index (χ0v) is 10.7. The molecule has 3 N–H and O–H groups in total. The van der Waals surface area contributed by atoms with E-state index in [4.69, 9.17) is 10.6 Å². The van der Waals surface area contributed by atoms with Gasteiger partial charge in [0.2, 0.25) is 0 Å². The van der Waals surface area contributed by atoms with Crippen LogP contribution in [0.3, 0.4) is 0 Å². The highest BCUT2D eigenvalue weighted by Crippen LogP contribution is 2.19. The Bertz CT molecular complexity index is 161. The molecule has 0 bridgehead atoms. The average molecular weight is 232 g/mol. The summed E-state index contributed by atoms with van der Waals surface area (Å²) in [7, 11) is 0. The summed E-state index contributed by atoms with van der Waals surface area (Å²) >= 11 is 1.96. The Labute approximate surface area is 97.5 Å². The van der Waals surface area contributed by atoms with Crippen molar-refractivity contribution in [2.75, 3.05) is 12.4 Å². The highest BCUT2D eigenvalue weighted by molar-refractivity contribution is 7.99. The van der Waals surface area contributed by atoms with Crippen molar-refractivity contribution < 1.29 is 4.74 Å². The van der Waals surface area contributed by atoms with E-state index in [1.165, 1.54) is 12.8 Å². The van der Waals surface area contributed by atoms with Gasteiger partial charge in [-0.05, 0) is 30.9 Å². The summed E-state index contributed by atoms with van der Waals surface area (Å²) in [5.74, 6) is 6.64. The lowest BCUT2D eigenvalue weighted by molar-refractivity contribution is 0.100. The van der Waals surface area contributed by atoms with Crippen LogP contribution in [0.2, 0.25) is 0 Å². The Balaban J connectivity index is 2.09. The van der Waals surface area contributed by atoms with Gasteiger partial charge in [-0.1, -0.05) is 13.8 Å². The highest BCUT2D eigenvalue weighted by Gasteiger charge is 2.17. The van der Waals surface area contributed by atoms with Gasteiger partial charge >= 0.3 is 0 Å². The number of hydrogen-bond acceptors (Lipinski definition) is 4. The lowest BCUT2D eigenvalue weighted by Gasteiger charge is -2.18. The first-order valence-corrected chi connectivity index (χ1v) is 6.96. The predicted octanol–water partition coefficient (Wildman–Crippen LogP) is 1.92. The Morgan fingerprint density at radius 2 is 2.33 bits per heavy atom. The van der Waals surface area contributed by atoms with E-state index in [0.717, 1.165) is 25.2 Å². The molecular formula is C11H24N2OS. The molecule has 0 aromatic heterocycles. The molecule has 1 aliphatic heterocycles. The van der Waals surface area contributed by atoms with E-state index in [1.807, 2.05) is 11.8 Å². The maximum atomic E-state index is 5.60. The van der Waals surface area contributed by atoms with Crippen LogP contribution in [-0.4, -0.2) is 29.8 Å². The van der Waals surface area contributed by atoms with Gasteiger partial charge in [-0.15, -0.1) is 0 Å². The van der Waals surface area contributed by atoms with Crippen molar-refractivity contribution >= 4 is 11.8 Å². The van der Waals surface area contributed by atoms with Gasteiger partial charge in [0, 0.05) is 18.4 Å². The van der Waals surface area contributed by atoms with Gasteiger partial charge in [0.1, 0.15) is 0 Å². The molecule has 0 saturated carbocycles. The molecule has 0 radical (unpaired) electrons. The fourth-order valence-corrected chi connectivity index (χ4v) is 2.66. The van der Waals surface area contributed by atoms with Gasteiger partial charge in [-0.3, -0.25) is 11.3 Å². The molecule has 0 amide bonds. The van der Waals surface area contributed by atoms with Crippen molar-refractivity contribution in [1.29, 1.82) is 0 Å². The van der Waals surface area contributed by atoms with Crippen LogP contribution in [0.1, 0.15) is 39.5 Å². The lowest BCUT2D eigenvalue weighted by atomic mass is 10.1. The van der Waals surface area contributed by atoms with Crippen molar-refractivity contribution in [3.05, 3.63) is 0 Å². The molecule has 2 atom stereocenters. The molecule has 3 nitrogen and oxygen atoms in total. The van der Waals surface area contributed by atoms with Crippen LogP contribution in [0.15, 0.2) is 0 Å². The molecule has 1 saturated heterocycles. The van der Waals surface area contributed by atoms with Crippen LogP contribution >= 0.6 is 11.8 Å². The monoisotopic (exact) mass is 232 g/mol. The van der Waals surface area contributed by atoms with Crippen molar-refractivity contribution in [1.82, 2.24) is 5.43 Å². The highest BCUT2D eigenvalue weighted by atomic mass is 32.2. The fraction of sp³-hybridized carbons (Fsp3) is 1.00. The molecule has 1 fully saturated rings. The first kappa shape index (κ1) is 13.3. The molecule has 1 rings (SSSR count). The summed E-state index contributed by atoms with van der Waals surface area (Å²) in [5, 5.41) is 0.684.